The monoisotopic (exact) mass is 248 g/mol. The van der Waals surface area contributed by atoms with E-state index in [2.05, 4.69) is 0 Å². The Morgan fingerprint density at radius 1 is 1.28 bits per heavy atom. The minimum Gasteiger partial charge on any atom is -0.294 e. The van der Waals surface area contributed by atoms with Crippen molar-refractivity contribution in [3.05, 3.63) is 35.1 Å². The van der Waals surface area contributed by atoms with E-state index in [0.717, 1.165) is 12.0 Å². The van der Waals surface area contributed by atoms with Crippen LogP contribution in [0.3, 0.4) is 0 Å². The molecule has 0 saturated heterocycles. The molecule has 0 unspecified atom stereocenters. The number of aryl methyl sites for hydroxylation is 1. The summed E-state index contributed by atoms with van der Waals surface area (Å²) in [6.45, 7) is 1.89. The van der Waals surface area contributed by atoms with Gasteiger partial charge in [0, 0.05) is 6.42 Å². The van der Waals surface area contributed by atoms with Crippen molar-refractivity contribution in [1.29, 1.82) is 0 Å². The summed E-state index contributed by atoms with van der Waals surface area (Å²) in [5, 5.41) is 0. The predicted octanol–water partition coefficient (Wildman–Crippen LogP) is 4.68. The van der Waals surface area contributed by atoms with Crippen LogP contribution >= 0.6 is 0 Å². The standard InChI is InChI=1S/C16H21FO/c1-12-7-9-15(17)14(11-12)16(18)10-8-13-5-3-2-4-6-13/h7,9,11,13H,2-6,8,10H2,1H3. The predicted molar refractivity (Wildman–Crippen MR) is 71.3 cm³/mol. The molecular formula is C16H21FO. The van der Waals surface area contributed by atoms with E-state index in [1.54, 1.807) is 12.1 Å². The highest BCUT2D eigenvalue weighted by atomic mass is 19.1. The zero-order valence-electron chi connectivity index (χ0n) is 11.0. The Bertz CT molecular complexity index is 419. The van der Waals surface area contributed by atoms with E-state index in [1.165, 1.54) is 38.2 Å². The Balaban J connectivity index is 1.92. The van der Waals surface area contributed by atoms with Crippen LogP contribution in [0.4, 0.5) is 4.39 Å². The average molecular weight is 248 g/mol. The second kappa shape index (κ2) is 6.12. The first-order valence-electron chi connectivity index (χ1n) is 6.96. The molecule has 0 aliphatic heterocycles. The molecule has 0 N–H and O–H groups in total. The fourth-order valence-electron chi connectivity index (χ4n) is 2.80. The molecule has 1 aromatic rings. The largest absolute Gasteiger partial charge is 0.294 e. The van der Waals surface area contributed by atoms with Gasteiger partial charge in [0.05, 0.1) is 5.56 Å². The normalized spacial score (nSPS) is 16.8. The lowest BCUT2D eigenvalue weighted by molar-refractivity contribution is 0.0966. The lowest BCUT2D eigenvalue weighted by atomic mass is 9.85. The maximum Gasteiger partial charge on any atom is 0.165 e. The van der Waals surface area contributed by atoms with E-state index in [9.17, 15) is 9.18 Å². The zero-order valence-corrected chi connectivity index (χ0v) is 11.0. The molecule has 1 nitrogen and oxygen atoms in total. The molecule has 2 rings (SSSR count). The summed E-state index contributed by atoms with van der Waals surface area (Å²) in [6.07, 6.45) is 7.80. The first-order valence-corrected chi connectivity index (χ1v) is 6.96. The Kier molecular flexibility index (Phi) is 4.51. The highest BCUT2D eigenvalue weighted by Gasteiger charge is 2.17. The van der Waals surface area contributed by atoms with Gasteiger partial charge in [-0.05, 0) is 31.4 Å². The van der Waals surface area contributed by atoms with Crippen molar-refractivity contribution in [2.45, 2.75) is 51.9 Å². The number of benzene rings is 1. The number of halogens is 1. The highest BCUT2D eigenvalue weighted by molar-refractivity contribution is 5.96. The minimum atomic E-state index is -0.380. The summed E-state index contributed by atoms with van der Waals surface area (Å²) in [5.74, 6) is 0.256. The SMILES string of the molecule is Cc1ccc(F)c(C(=O)CCC2CCCCC2)c1. The third-order valence-corrected chi connectivity index (χ3v) is 3.93. The summed E-state index contributed by atoms with van der Waals surface area (Å²) >= 11 is 0. The Hall–Kier alpha value is -1.18. The van der Waals surface area contributed by atoms with Gasteiger partial charge < -0.3 is 0 Å². The maximum absolute atomic E-state index is 13.6. The summed E-state index contributed by atoms with van der Waals surface area (Å²) < 4.78 is 13.6. The molecule has 1 aromatic carbocycles. The molecule has 0 spiro atoms. The van der Waals surface area contributed by atoms with E-state index in [-0.39, 0.29) is 17.2 Å². The fraction of sp³-hybridized carbons (Fsp3) is 0.562. The summed E-state index contributed by atoms with van der Waals surface area (Å²) in [6, 6.07) is 4.76. The molecular weight excluding hydrogens is 227 g/mol. The van der Waals surface area contributed by atoms with Gasteiger partial charge in [0.15, 0.2) is 5.78 Å². The Morgan fingerprint density at radius 2 is 2.00 bits per heavy atom. The molecule has 1 aliphatic rings. The molecule has 1 fully saturated rings. The first-order chi connectivity index (χ1) is 8.66. The van der Waals surface area contributed by atoms with Crippen LogP contribution < -0.4 is 0 Å². The van der Waals surface area contributed by atoms with Crippen LogP contribution in [0.5, 0.6) is 0 Å². The van der Waals surface area contributed by atoms with Gasteiger partial charge in [-0.2, -0.15) is 0 Å². The van der Waals surface area contributed by atoms with Gasteiger partial charge in [-0.1, -0.05) is 43.7 Å². The van der Waals surface area contributed by atoms with Gasteiger partial charge in [-0.25, -0.2) is 4.39 Å². The number of carbonyl (C=O) groups excluding carboxylic acids is 1. The highest BCUT2D eigenvalue weighted by Crippen LogP contribution is 2.28. The zero-order chi connectivity index (χ0) is 13.0. The number of ketones is 1. The van der Waals surface area contributed by atoms with Gasteiger partial charge >= 0.3 is 0 Å². The molecule has 98 valence electrons. The van der Waals surface area contributed by atoms with E-state index in [1.807, 2.05) is 6.92 Å². The molecule has 0 amide bonds. The van der Waals surface area contributed by atoms with E-state index < -0.39 is 0 Å². The Labute approximate surface area is 108 Å². The van der Waals surface area contributed by atoms with Crippen molar-refractivity contribution < 1.29 is 9.18 Å². The molecule has 1 saturated carbocycles. The molecule has 0 bridgehead atoms. The summed E-state index contributed by atoms with van der Waals surface area (Å²) in [5.41, 5.74) is 1.21. The molecule has 1 aliphatic carbocycles. The number of hydrogen-bond acceptors (Lipinski definition) is 1. The fourth-order valence-corrected chi connectivity index (χ4v) is 2.80. The van der Waals surface area contributed by atoms with Gasteiger partial charge in [0.25, 0.3) is 0 Å². The molecule has 2 heteroatoms. The van der Waals surface area contributed by atoms with Crippen LogP contribution in [0.1, 0.15) is 60.9 Å². The van der Waals surface area contributed by atoms with Crippen LogP contribution in [0.2, 0.25) is 0 Å². The van der Waals surface area contributed by atoms with Crippen LogP contribution in [0.25, 0.3) is 0 Å². The van der Waals surface area contributed by atoms with Crippen molar-refractivity contribution in [1.82, 2.24) is 0 Å². The van der Waals surface area contributed by atoms with Gasteiger partial charge in [0.1, 0.15) is 5.82 Å². The van der Waals surface area contributed by atoms with E-state index in [0.29, 0.717) is 12.3 Å². The summed E-state index contributed by atoms with van der Waals surface area (Å²) in [7, 11) is 0. The lowest BCUT2D eigenvalue weighted by Gasteiger charge is -2.20. The first kappa shape index (κ1) is 13.3. The smallest absolute Gasteiger partial charge is 0.165 e. The Morgan fingerprint density at radius 3 is 2.72 bits per heavy atom. The molecule has 0 heterocycles. The number of Topliss-reactive ketones (excluding diaryl/α,β-unsaturated/α-hetero) is 1. The second-order valence-electron chi connectivity index (χ2n) is 5.45. The van der Waals surface area contributed by atoms with Crippen molar-refractivity contribution in [3.63, 3.8) is 0 Å². The third kappa shape index (κ3) is 3.41. The van der Waals surface area contributed by atoms with Gasteiger partial charge in [0.2, 0.25) is 0 Å². The van der Waals surface area contributed by atoms with Crippen LogP contribution in [-0.4, -0.2) is 5.78 Å². The quantitative estimate of drug-likeness (QED) is 0.707. The van der Waals surface area contributed by atoms with Crippen molar-refractivity contribution in [3.8, 4) is 0 Å². The van der Waals surface area contributed by atoms with E-state index in [4.69, 9.17) is 0 Å². The number of carbonyl (C=O) groups is 1. The van der Waals surface area contributed by atoms with Crippen LogP contribution in [0, 0.1) is 18.7 Å². The van der Waals surface area contributed by atoms with Crippen molar-refractivity contribution in [2.75, 3.05) is 0 Å². The van der Waals surface area contributed by atoms with E-state index >= 15 is 0 Å². The van der Waals surface area contributed by atoms with Gasteiger partial charge in [-0.15, -0.1) is 0 Å². The average Bonchev–Trinajstić information content (AvgIpc) is 2.40. The molecule has 0 aromatic heterocycles. The maximum atomic E-state index is 13.6. The molecule has 0 atom stereocenters. The molecule has 18 heavy (non-hydrogen) atoms. The molecule has 0 radical (unpaired) electrons. The number of rotatable bonds is 4. The summed E-state index contributed by atoms with van der Waals surface area (Å²) in [4.78, 5) is 12.0. The van der Waals surface area contributed by atoms with Crippen molar-refractivity contribution in [2.24, 2.45) is 5.92 Å². The van der Waals surface area contributed by atoms with Crippen LogP contribution in [-0.2, 0) is 0 Å². The number of hydrogen-bond donors (Lipinski definition) is 0. The van der Waals surface area contributed by atoms with Crippen LogP contribution in [0.15, 0.2) is 18.2 Å². The van der Waals surface area contributed by atoms with Crippen molar-refractivity contribution >= 4 is 5.78 Å². The lowest BCUT2D eigenvalue weighted by Crippen LogP contribution is -2.10. The topological polar surface area (TPSA) is 17.1 Å². The third-order valence-electron chi connectivity index (χ3n) is 3.93. The minimum absolute atomic E-state index is 0.0400. The van der Waals surface area contributed by atoms with Gasteiger partial charge in [-0.3, -0.25) is 4.79 Å². The second-order valence-corrected chi connectivity index (χ2v) is 5.45.